The van der Waals surface area contributed by atoms with Gasteiger partial charge in [0.05, 0.1) is 11.1 Å². The summed E-state index contributed by atoms with van der Waals surface area (Å²) < 4.78 is 5.66. The summed E-state index contributed by atoms with van der Waals surface area (Å²) in [6.45, 7) is 3.22. The van der Waals surface area contributed by atoms with Gasteiger partial charge in [0.15, 0.2) is 0 Å². The van der Waals surface area contributed by atoms with Crippen molar-refractivity contribution in [2.45, 2.75) is 13.8 Å². The molecule has 9 heteroatoms. The summed E-state index contributed by atoms with van der Waals surface area (Å²) in [5.41, 5.74) is 4.74. The Morgan fingerprint density at radius 2 is 1.83 bits per heavy atom. The van der Waals surface area contributed by atoms with Gasteiger partial charge in [0.25, 0.3) is 11.6 Å². The van der Waals surface area contributed by atoms with Gasteiger partial charge >= 0.3 is 0 Å². The van der Waals surface area contributed by atoms with Crippen LogP contribution >= 0.6 is 0 Å². The van der Waals surface area contributed by atoms with Crippen LogP contribution in [0.4, 0.5) is 11.4 Å². The second-order valence-corrected chi connectivity index (χ2v) is 6.42. The van der Waals surface area contributed by atoms with Crippen molar-refractivity contribution in [1.82, 2.24) is 5.43 Å². The Hall–Kier alpha value is -4.27. The first kappa shape index (κ1) is 20.5. The molecule has 0 atom stereocenters. The van der Waals surface area contributed by atoms with Crippen molar-refractivity contribution in [2.75, 3.05) is 5.32 Å². The molecule has 0 fully saturated rings. The number of carbonyl (C=O) groups is 2. The maximum Gasteiger partial charge on any atom is 0.271 e. The Bertz CT molecular complexity index is 1130. The highest BCUT2D eigenvalue weighted by molar-refractivity contribution is 5.96. The van der Waals surface area contributed by atoms with Crippen LogP contribution in [0.15, 0.2) is 64.1 Å². The third-order valence-electron chi connectivity index (χ3n) is 4.15. The smallest absolute Gasteiger partial charge is 0.271 e. The van der Waals surface area contributed by atoms with Crippen LogP contribution in [0, 0.1) is 17.0 Å². The van der Waals surface area contributed by atoms with Crippen LogP contribution in [0.2, 0.25) is 0 Å². The van der Waals surface area contributed by atoms with E-state index in [-0.39, 0.29) is 11.6 Å². The van der Waals surface area contributed by atoms with E-state index in [4.69, 9.17) is 4.42 Å². The number of nitro groups is 1. The Kier molecular flexibility index (Phi) is 6.02. The van der Waals surface area contributed by atoms with Crippen molar-refractivity contribution in [2.24, 2.45) is 5.10 Å². The van der Waals surface area contributed by atoms with E-state index < -0.39 is 10.8 Å². The summed E-state index contributed by atoms with van der Waals surface area (Å²) in [4.78, 5) is 33.7. The highest BCUT2D eigenvalue weighted by Gasteiger charge is 2.13. The van der Waals surface area contributed by atoms with E-state index in [2.05, 4.69) is 15.8 Å². The first-order chi connectivity index (χ1) is 14.3. The first-order valence-corrected chi connectivity index (χ1v) is 8.90. The van der Waals surface area contributed by atoms with E-state index in [1.807, 2.05) is 6.92 Å². The van der Waals surface area contributed by atoms with Gasteiger partial charge in [-0.1, -0.05) is 6.07 Å². The number of nitrogens with one attached hydrogen (secondary N) is 2. The fourth-order valence-corrected chi connectivity index (χ4v) is 2.68. The lowest BCUT2D eigenvalue weighted by Gasteiger charge is -2.03. The zero-order chi connectivity index (χ0) is 21.7. The lowest BCUT2D eigenvalue weighted by Crippen LogP contribution is -2.17. The van der Waals surface area contributed by atoms with E-state index in [1.54, 1.807) is 42.5 Å². The predicted octanol–water partition coefficient (Wildman–Crippen LogP) is 3.89. The number of hydrogen-bond acceptors (Lipinski definition) is 6. The lowest BCUT2D eigenvalue weighted by atomic mass is 10.1. The van der Waals surface area contributed by atoms with Crippen molar-refractivity contribution in [3.63, 3.8) is 0 Å². The minimum Gasteiger partial charge on any atom is -0.455 e. The zero-order valence-electron chi connectivity index (χ0n) is 16.2. The van der Waals surface area contributed by atoms with Gasteiger partial charge in [0, 0.05) is 35.9 Å². The van der Waals surface area contributed by atoms with E-state index in [9.17, 15) is 19.7 Å². The van der Waals surface area contributed by atoms with Gasteiger partial charge < -0.3 is 9.73 Å². The van der Waals surface area contributed by atoms with E-state index in [0.29, 0.717) is 28.3 Å². The van der Waals surface area contributed by atoms with Crippen LogP contribution in [0.5, 0.6) is 0 Å². The molecule has 1 heterocycles. The van der Waals surface area contributed by atoms with Crippen LogP contribution in [0.3, 0.4) is 0 Å². The number of anilines is 1. The normalized spacial score (nSPS) is 10.7. The fraction of sp³-hybridized carbons (Fsp3) is 0.0952. The molecule has 0 saturated heterocycles. The predicted molar refractivity (Wildman–Crippen MR) is 111 cm³/mol. The van der Waals surface area contributed by atoms with Gasteiger partial charge in [-0.25, -0.2) is 5.43 Å². The number of furan rings is 1. The maximum absolute atomic E-state index is 12.1. The molecule has 1 aromatic heterocycles. The molecular weight excluding hydrogens is 388 g/mol. The van der Waals surface area contributed by atoms with Crippen LogP contribution in [0.1, 0.15) is 28.6 Å². The molecule has 0 aliphatic carbocycles. The van der Waals surface area contributed by atoms with E-state index in [1.165, 1.54) is 25.3 Å². The summed E-state index contributed by atoms with van der Waals surface area (Å²) in [5, 5.41) is 17.5. The third kappa shape index (κ3) is 4.96. The van der Waals surface area contributed by atoms with Gasteiger partial charge in [-0.3, -0.25) is 19.7 Å². The molecule has 9 nitrogen and oxygen atoms in total. The summed E-state index contributed by atoms with van der Waals surface area (Å²) in [6.07, 6.45) is 1.33. The molecule has 30 heavy (non-hydrogen) atoms. The molecule has 3 rings (SSSR count). The number of aryl methyl sites for hydroxylation is 1. The molecular formula is C21H18N4O5. The molecule has 0 unspecified atom stereocenters. The molecule has 0 saturated carbocycles. The maximum atomic E-state index is 12.1. The molecule has 2 N–H and O–H groups in total. The number of rotatable bonds is 6. The van der Waals surface area contributed by atoms with Gasteiger partial charge in [0.1, 0.15) is 11.5 Å². The van der Waals surface area contributed by atoms with E-state index >= 15 is 0 Å². The third-order valence-corrected chi connectivity index (χ3v) is 4.15. The molecule has 0 aliphatic rings. The highest BCUT2D eigenvalue weighted by Crippen LogP contribution is 2.28. The topological polar surface area (TPSA) is 127 Å². The number of benzene rings is 2. The summed E-state index contributed by atoms with van der Waals surface area (Å²) >= 11 is 0. The molecule has 0 radical (unpaired) electrons. The van der Waals surface area contributed by atoms with Gasteiger partial charge in [-0.15, -0.1) is 0 Å². The second-order valence-electron chi connectivity index (χ2n) is 6.42. The number of nitrogens with zero attached hydrogens (tertiary/aromatic N) is 2. The van der Waals surface area contributed by atoms with Crippen molar-refractivity contribution in [3.05, 3.63) is 81.6 Å². The number of hydrogen-bond donors (Lipinski definition) is 2. The molecule has 152 valence electrons. The Morgan fingerprint density at radius 1 is 1.10 bits per heavy atom. The monoisotopic (exact) mass is 406 g/mol. The fourth-order valence-electron chi connectivity index (χ4n) is 2.68. The van der Waals surface area contributed by atoms with Crippen molar-refractivity contribution in [1.29, 1.82) is 0 Å². The largest absolute Gasteiger partial charge is 0.455 e. The van der Waals surface area contributed by atoms with Crippen molar-refractivity contribution >= 4 is 29.4 Å². The number of amides is 2. The lowest BCUT2D eigenvalue weighted by molar-refractivity contribution is -0.384. The van der Waals surface area contributed by atoms with Gasteiger partial charge in [-0.05, 0) is 48.9 Å². The standard InChI is InChI=1S/C21H18N4O5/c1-13-3-8-17(25(28)29)11-19(13)20-10-9-18(30-20)12-22-24-21(27)15-4-6-16(7-5-15)23-14(2)26/h3-12H,1-2H3,(H,23,26)(H,24,27)/b22-12-. The number of carbonyl (C=O) groups excluding carboxylic acids is 2. The quantitative estimate of drug-likeness (QED) is 0.365. The van der Waals surface area contributed by atoms with E-state index in [0.717, 1.165) is 5.56 Å². The molecule has 0 aliphatic heterocycles. The summed E-state index contributed by atoms with van der Waals surface area (Å²) in [7, 11) is 0. The van der Waals surface area contributed by atoms with Crippen molar-refractivity contribution in [3.8, 4) is 11.3 Å². The average molecular weight is 406 g/mol. The Balaban J connectivity index is 1.66. The van der Waals surface area contributed by atoms with Crippen molar-refractivity contribution < 1.29 is 18.9 Å². The van der Waals surface area contributed by atoms with Crippen LogP contribution in [0.25, 0.3) is 11.3 Å². The second kappa shape index (κ2) is 8.82. The van der Waals surface area contributed by atoms with Crippen LogP contribution in [-0.2, 0) is 4.79 Å². The SMILES string of the molecule is CC(=O)Nc1ccc(C(=O)N/N=C\c2ccc(-c3cc([N+](=O)[O-])ccc3C)o2)cc1. The van der Waals surface area contributed by atoms with Gasteiger partial charge in [0.2, 0.25) is 5.91 Å². The Labute approximate surface area is 171 Å². The minimum atomic E-state index is -0.466. The first-order valence-electron chi connectivity index (χ1n) is 8.90. The zero-order valence-corrected chi connectivity index (χ0v) is 16.2. The average Bonchev–Trinajstić information content (AvgIpc) is 3.16. The van der Waals surface area contributed by atoms with Crippen LogP contribution in [-0.4, -0.2) is 23.0 Å². The number of hydrazone groups is 1. The number of non-ortho nitro benzene ring substituents is 1. The Morgan fingerprint density at radius 3 is 2.50 bits per heavy atom. The summed E-state index contributed by atoms with van der Waals surface area (Å²) in [5.74, 6) is 0.201. The minimum absolute atomic E-state index is 0.0287. The highest BCUT2D eigenvalue weighted by atomic mass is 16.6. The molecule has 2 aromatic carbocycles. The number of nitro benzene ring substituents is 1. The molecule has 0 bridgehead atoms. The molecule has 3 aromatic rings. The van der Waals surface area contributed by atoms with Crippen LogP contribution < -0.4 is 10.7 Å². The summed E-state index contributed by atoms with van der Waals surface area (Å²) in [6, 6.07) is 14.2. The molecule has 2 amide bonds. The van der Waals surface area contributed by atoms with Gasteiger partial charge in [-0.2, -0.15) is 5.10 Å². The molecule has 0 spiro atoms.